The van der Waals surface area contributed by atoms with Crippen LogP contribution in [0.25, 0.3) is 11.0 Å². The molecule has 5 aromatic rings. The molecule has 3 aromatic heterocycles. The number of carbonyl (C=O) groups excluding carboxylic acids is 1. The largest absolute Gasteiger partial charge is 0.495 e. The molecule has 6 rings (SSSR count). The van der Waals surface area contributed by atoms with Crippen LogP contribution in [0.5, 0.6) is 17.5 Å². The maximum absolute atomic E-state index is 14.0. The monoisotopic (exact) mass is 584 g/mol. The van der Waals surface area contributed by atoms with Gasteiger partial charge in [0.05, 0.1) is 44.2 Å². The summed E-state index contributed by atoms with van der Waals surface area (Å²) in [4.78, 5) is 37.2. The second kappa shape index (κ2) is 10.2. The third-order valence-corrected chi connectivity index (χ3v) is 7.34. The van der Waals surface area contributed by atoms with Gasteiger partial charge in [-0.15, -0.1) is 16.4 Å². The Bertz CT molecular complexity index is 1670. The fourth-order valence-corrected chi connectivity index (χ4v) is 5.40. The van der Waals surface area contributed by atoms with Crippen molar-refractivity contribution in [2.24, 2.45) is 0 Å². The second-order valence-corrected chi connectivity index (χ2v) is 9.71. The van der Waals surface area contributed by atoms with Crippen LogP contribution in [0.1, 0.15) is 11.3 Å². The number of rotatable bonds is 7. The summed E-state index contributed by atoms with van der Waals surface area (Å²) < 4.78 is 10.8. The maximum Gasteiger partial charge on any atom is 0.347 e. The molecule has 0 radical (unpaired) electrons. The van der Waals surface area contributed by atoms with Gasteiger partial charge < -0.3 is 14.3 Å². The number of aromatic nitrogens is 6. The number of hydrogen-bond donors (Lipinski definition) is 0. The van der Waals surface area contributed by atoms with Crippen molar-refractivity contribution in [1.29, 1.82) is 0 Å². The van der Waals surface area contributed by atoms with Crippen LogP contribution in [0.3, 0.4) is 0 Å². The van der Waals surface area contributed by atoms with Crippen LogP contribution in [-0.4, -0.2) is 50.4 Å². The van der Waals surface area contributed by atoms with Crippen LogP contribution in [-0.2, 0) is 13.1 Å². The Balaban J connectivity index is 1.43. The van der Waals surface area contributed by atoms with Crippen molar-refractivity contribution in [2.45, 2.75) is 13.1 Å². The van der Waals surface area contributed by atoms with Gasteiger partial charge in [0.15, 0.2) is 0 Å². The SMILES string of the molecule is COc1cc(OC)c(Cl)c(N2Cc3cnc(On4nnc5ccccc54)nc3N(Cc3cscn3)C2=O)c1Cl. The first-order valence-corrected chi connectivity index (χ1v) is 13.1. The van der Waals surface area contributed by atoms with Gasteiger partial charge in [-0.3, -0.25) is 9.80 Å². The molecule has 2 aromatic carbocycles. The van der Waals surface area contributed by atoms with Crippen LogP contribution >= 0.6 is 34.5 Å². The molecular weight excluding hydrogens is 567 g/mol. The number of hydrogen-bond acceptors (Lipinski definition) is 10. The summed E-state index contributed by atoms with van der Waals surface area (Å²) in [5, 5.41) is 10.3. The van der Waals surface area contributed by atoms with Gasteiger partial charge in [-0.25, -0.2) is 14.8 Å². The zero-order valence-electron chi connectivity index (χ0n) is 20.4. The van der Waals surface area contributed by atoms with E-state index in [1.165, 1.54) is 40.2 Å². The summed E-state index contributed by atoms with van der Waals surface area (Å²) in [5.74, 6) is 0.955. The van der Waals surface area contributed by atoms with Gasteiger partial charge in [-0.05, 0) is 17.3 Å². The van der Waals surface area contributed by atoms with Crippen molar-refractivity contribution in [1.82, 2.24) is 30.1 Å². The number of amides is 2. The zero-order valence-corrected chi connectivity index (χ0v) is 22.7. The third kappa shape index (κ3) is 4.43. The third-order valence-electron chi connectivity index (χ3n) is 5.98. The zero-order chi connectivity index (χ0) is 27.1. The average molecular weight is 585 g/mol. The number of thiazole rings is 1. The van der Waals surface area contributed by atoms with Crippen molar-refractivity contribution in [3.05, 3.63) is 68.7 Å². The second-order valence-electron chi connectivity index (χ2n) is 8.24. The number of nitrogens with zero attached hydrogens (tertiary/aromatic N) is 8. The van der Waals surface area contributed by atoms with Crippen LogP contribution in [0, 0.1) is 0 Å². The summed E-state index contributed by atoms with van der Waals surface area (Å²) in [6.45, 7) is 0.203. The Kier molecular flexibility index (Phi) is 6.54. The van der Waals surface area contributed by atoms with Crippen molar-refractivity contribution >= 4 is 63.1 Å². The fourth-order valence-electron chi connectivity index (χ4n) is 4.14. The first kappa shape index (κ1) is 25.1. The molecule has 0 N–H and O–H groups in total. The van der Waals surface area contributed by atoms with E-state index in [9.17, 15) is 4.79 Å². The molecule has 0 unspecified atom stereocenters. The number of urea groups is 1. The van der Waals surface area contributed by atoms with Crippen LogP contribution in [0.2, 0.25) is 10.0 Å². The molecule has 12 nitrogen and oxygen atoms in total. The van der Waals surface area contributed by atoms with Crippen LogP contribution in [0.4, 0.5) is 16.3 Å². The molecule has 4 heterocycles. The lowest BCUT2D eigenvalue weighted by molar-refractivity contribution is 0.166. The van der Waals surface area contributed by atoms with Crippen molar-refractivity contribution in [2.75, 3.05) is 24.0 Å². The van der Waals surface area contributed by atoms with E-state index in [1.807, 2.05) is 23.6 Å². The summed E-state index contributed by atoms with van der Waals surface area (Å²) >= 11 is 14.7. The van der Waals surface area contributed by atoms with Crippen molar-refractivity contribution in [3.63, 3.8) is 0 Å². The summed E-state index contributed by atoms with van der Waals surface area (Å²) in [6, 6.07) is 8.40. The molecule has 39 heavy (non-hydrogen) atoms. The van der Waals surface area contributed by atoms with Gasteiger partial charge in [0.25, 0.3) is 0 Å². The lowest BCUT2D eigenvalue weighted by Crippen LogP contribution is -2.48. The highest BCUT2D eigenvalue weighted by Gasteiger charge is 2.37. The Morgan fingerprint density at radius 3 is 2.56 bits per heavy atom. The number of ether oxygens (including phenoxy) is 2. The fraction of sp³-hybridized carbons (Fsp3) is 0.167. The molecule has 198 valence electrons. The topological polar surface area (TPSA) is 121 Å². The van der Waals surface area contributed by atoms with Gasteiger partial charge >= 0.3 is 12.0 Å². The molecule has 0 saturated carbocycles. The van der Waals surface area contributed by atoms with E-state index in [-0.39, 0.29) is 34.8 Å². The molecule has 0 fully saturated rings. The molecule has 1 aliphatic heterocycles. The standard InChI is InChI=1S/C24H18Cl2N8O4S/c1-36-17-7-18(37-2)20(26)21(19(17)25)32-9-13-8-27-23(38-34-16-6-4-3-5-15(16)30-31-34)29-22(13)33(24(32)35)10-14-11-39-12-28-14/h3-8,11-12H,9-10H2,1-2H3. The van der Waals surface area contributed by atoms with Crippen LogP contribution < -0.4 is 24.1 Å². The Morgan fingerprint density at radius 1 is 1.08 bits per heavy atom. The van der Waals surface area contributed by atoms with Gasteiger partial charge in [-0.1, -0.05) is 40.2 Å². The first-order valence-electron chi connectivity index (χ1n) is 11.4. The summed E-state index contributed by atoms with van der Waals surface area (Å²) in [5.41, 5.74) is 4.50. The van der Waals surface area contributed by atoms with Gasteiger partial charge in [0.2, 0.25) is 0 Å². The molecule has 15 heteroatoms. The van der Waals surface area contributed by atoms with Gasteiger partial charge in [0.1, 0.15) is 38.4 Å². The number of halogens is 2. The minimum absolute atomic E-state index is 0.0203. The molecule has 2 amide bonds. The summed E-state index contributed by atoms with van der Waals surface area (Å²) in [7, 11) is 2.93. The predicted octanol–water partition coefficient (Wildman–Crippen LogP) is 4.99. The lowest BCUT2D eigenvalue weighted by Gasteiger charge is -2.36. The Morgan fingerprint density at radius 2 is 1.85 bits per heavy atom. The normalized spacial score (nSPS) is 13.1. The number of anilines is 2. The number of methoxy groups -OCH3 is 2. The molecule has 0 bridgehead atoms. The molecule has 0 aliphatic carbocycles. The quantitative estimate of drug-likeness (QED) is 0.260. The van der Waals surface area contributed by atoms with E-state index in [1.54, 1.807) is 23.8 Å². The highest BCUT2D eigenvalue weighted by atomic mass is 35.5. The molecule has 0 saturated heterocycles. The molecule has 1 aliphatic rings. The maximum atomic E-state index is 14.0. The smallest absolute Gasteiger partial charge is 0.347 e. The van der Waals surface area contributed by atoms with E-state index in [0.29, 0.717) is 39.6 Å². The van der Waals surface area contributed by atoms with Gasteiger partial charge in [0, 0.05) is 23.2 Å². The first-order chi connectivity index (χ1) is 19.0. The number of fused-ring (bicyclic) bond motifs is 2. The number of benzene rings is 2. The van der Waals surface area contributed by atoms with Crippen LogP contribution in [0.15, 0.2) is 47.4 Å². The van der Waals surface area contributed by atoms with Crippen molar-refractivity contribution < 1.29 is 19.1 Å². The predicted molar refractivity (Wildman–Crippen MR) is 145 cm³/mol. The number of carbonyl (C=O) groups is 1. The number of para-hydroxylation sites is 1. The van der Waals surface area contributed by atoms with E-state index < -0.39 is 6.03 Å². The van der Waals surface area contributed by atoms with Gasteiger partial charge in [-0.2, -0.15) is 4.98 Å². The Labute approximate surface area is 235 Å². The molecule has 0 atom stereocenters. The van der Waals surface area contributed by atoms with Crippen molar-refractivity contribution in [3.8, 4) is 17.5 Å². The van der Waals surface area contributed by atoms with E-state index in [0.717, 1.165) is 0 Å². The van der Waals surface area contributed by atoms with E-state index in [2.05, 4.69) is 25.3 Å². The average Bonchev–Trinajstić information content (AvgIpc) is 3.61. The minimum atomic E-state index is -0.439. The molecule has 0 spiro atoms. The molecular formula is C24H18Cl2N8O4S. The van der Waals surface area contributed by atoms with E-state index >= 15 is 0 Å². The highest BCUT2D eigenvalue weighted by Crippen LogP contribution is 2.48. The summed E-state index contributed by atoms with van der Waals surface area (Å²) in [6.07, 6.45) is 1.57. The van der Waals surface area contributed by atoms with E-state index in [4.69, 9.17) is 37.5 Å². The lowest BCUT2D eigenvalue weighted by atomic mass is 10.1. The highest BCUT2D eigenvalue weighted by molar-refractivity contribution is 7.07. The minimum Gasteiger partial charge on any atom is -0.495 e. The Hall–Kier alpha value is -4.20.